The van der Waals surface area contributed by atoms with Crippen LogP contribution in [0.4, 0.5) is 0 Å². The van der Waals surface area contributed by atoms with Crippen LogP contribution >= 0.6 is 11.8 Å². The summed E-state index contributed by atoms with van der Waals surface area (Å²) in [5, 5.41) is 21.4. The maximum absolute atomic E-state index is 13.2. The van der Waals surface area contributed by atoms with E-state index in [1.165, 1.54) is 16.4 Å². The summed E-state index contributed by atoms with van der Waals surface area (Å²) in [5.74, 6) is 0.741. The molecule has 4 rings (SSSR count). The van der Waals surface area contributed by atoms with Gasteiger partial charge in [0.05, 0.1) is 23.0 Å². The maximum atomic E-state index is 13.2. The molecule has 0 saturated carbocycles. The molecular weight excluding hydrogens is 398 g/mol. The largest absolute Gasteiger partial charge is 0.297 e. The molecule has 8 nitrogen and oxygen atoms in total. The van der Waals surface area contributed by atoms with Crippen molar-refractivity contribution in [3.8, 4) is 17.4 Å². The van der Waals surface area contributed by atoms with Gasteiger partial charge in [-0.3, -0.25) is 9.48 Å². The fraction of sp³-hybridized carbons (Fsp3) is 0.190. The molecule has 0 aliphatic rings. The molecular formula is C21H19N7OS. The molecule has 0 atom stereocenters. The van der Waals surface area contributed by atoms with Gasteiger partial charge in [-0.15, -0.1) is 5.10 Å². The second-order valence-electron chi connectivity index (χ2n) is 6.69. The molecule has 0 unspecified atom stereocenters. The Labute approximate surface area is 177 Å². The van der Waals surface area contributed by atoms with Crippen LogP contribution in [0.1, 0.15) is 16.8 Å². The van der Waals surface area contributed by atoms with Crippen molar-refractivity contribution in [1.29, 1.82) is 5.26 Å². The number of tetrazole rings is 1. The van der Waals surface area contributed by atoms with E-state index in [9.17, 15) is 4.79 Å². The van der Waals surface area contributed by atoms with Crippen molar-refractivity contribution in [3.63, 3.8) is 0 Å². The molecule has 0 fully saturated rings. The lowest BCUT2D eigenvalue weighted by Gasteiger charge is -2.07. The number of thioether (sulfide) groups is 1. The first kappa shape index (κ1) is 19.7. The van der Waals surface area contributed by atoms with Gasteiger partial charge in [0.2, 0.25) is 5.16 Å². The molecule has 0 amide bonds. The maximum Gasteiger partial charge on any atom is 0.297 e. The monoisotopic (exact) mass is 417 g/mol. The SMILES string of the molecule is Cc1c(-n2nnnc2SCCc2ccc(C#N)cc2)c(=O)n(-c2ccccc2)n1C. The Morgan fingerprint density at radius 1 is 1.10 bits per heavy atom. The van der Waals surface area contributed by atoms with Crippen LogP contribution in [0.5, 0.6) is 0 Å². The zero-order chi connectivity index (χ0) is 21.1. The van der Waals surface area contributed by atoms with Gasteiger partial charge in [0.1, 0.15) is 0 Å². The van der Waals surface area contributed by atoms with Crippen molar-refractivity contribution >= 4 is 11.8 Å². The van der Waals surface area contributed by atoms with Gasteiger partial charge in [-0.1, -0.05) is 42.1 Å². The van der Waals surface area contributed by atoms with Gasteiger partial charge in [-0.05, 0) is 53.6 Å². The van der Waals surface area contributed by atoms with Gasteiger partial charge in [0.15, 0.2) is 5.69 Å². The Morgan fingerprint density at radius 2 is 1.83 bits per heavy atom. The summed E-state index contributed by atoms with van der Waals surface area (Å²) >= 11 is 1.49. The van der Waals surface area contributed by atoms with Crippen LogP contribution in [0.3, 0.4) is 0 Å². The second kappa shape index (κ2) is 8.39. The standard InChI is InChI=1S/C21H19N7OS/c1-15-19(20(29)28(26(15)2)18-6-4-3-5-7-18)27-21(23-24-25-27)30-13-12-16-8-10-17(14-22)11-9-16/h3-11H,12-13H2,1-2H3. The molecule has 0 saturated heterocycles. The third kappa shape index (κ3) is 3.65. The highest BCUT2D eigenvalue weighted by Gasteiger charge is 2.21. The molecule has 0 aliphatic carbocycles. The number of aromatic nitrogens is 6. The molecule has 4 aromatic rings. The van der Waals surface area contributed by atoms with Crippen LogP contribution < -0.4 is 5.56 Å². The average Bonchev–Trinajstić information content (AvgIpc) is 3.31. The quantitative estimate of drug-likeness (QED) is 0.448. The zero-order valence-electron chi connectivity index (χ0n) is 16.6. The van der Waals surface area contributed by atoms with Gasteiger partial charge in [0, 0.05) is 12.8 Å². The number of aryl methyl sites for hydroxylation is 1. The Bertz CT molecular complexity index is 1260. The topological polar surface area (TPSA) is 94.3 Å². The highest BCUT2D eigenvalue weighted by molar-refractivity contribution is 7.99. The number of benzene rings is 2. The van der Waals surface area contributed by atoms with E-state index in [4.69, 9.17) is 5.26 Å². The van der Waals surface area contributed by atoms with E-state index in [0.29, 0.717) is 16.4 Å². The van der Waals surface area contributed by atoms with E-state index >= 15 is 0 Å². The van der Waals surface area contributed by atoms with Crippen LogP contribution in [0.25, 0.3) is 11.4 Å². The predicted octanol–water partition coefficient (Wildman–Crippen LogP) is 2.67. The second-order valence-corrected chi connectivity index (χ2v) is 7.75. The van der Waals surface area contributed by atoms with Crippen molar-refractivity contribution in [1.82, 2.24) is 29.6 Å². The van der Waals surface area contributed by atoms with E-state index < -0.39 is 0 Å². The highest BCUT2D eigenvalue weighted by atomic mass is 32.2. The van der Waals surface area contributed by atoms with Crippen LogP contribution in [0, 0.1) is 18.3 Å². The fourth-order valence-corrected chi connectivity index (χ4v) is 4.08. The van der Waals surface area contributed by atoms with Gasteiger partial charge >= 0.3 is 0 Å². The van der Waals surface area contributed by atoms with Crippen LogP contribution in [-0.2, 0) is 13.5 Å². The van der Waals surface area contributed by atoms with E-state index in [1.807, 2.05) is 68.6 Å². The number of para-hydroxylation sites is 1. The van der Waals surface area contributed by atoms with Gasteiger partial charge < -0.3 is 0 Å². The highest BCUT2D eigenvalue weighted by Crippen LogP contribution is 2.21. The summed E-state index contributed by atoms with van der Waals surface area (Å²) < 4.78 is 4.93. The van der Waals surface area contributed by atoms with Crippen molar-refractivity contribution in [2.45, 2.75) is 18.5 Å². The van der Waals surface area contributed by atoms with Crippen molar-refractivity contribution in [2.75, 3.05) is 5.75 Å². The molecule has 2 aromatic carbocycles. The van der Waals surface area contributed by atoms with Crippen molar-refractivity contribution in [3.05, 3.63) is 81.8 Å². The molecule has 150 valence electrons. The molecule has 0 N–H and O–H groups in total. The molecule has 0 aliphatic heterocycles. The molecule has 2 heterocycles. The summed E-state index contributed by atoms with van der Waals surface area (Å²) in [6, 6.07) is 19.1. The molecule has 0 radical (unpaired) electrons. The van der Waals surface area contributed by atoms with Crippen molar-refractivity contribution < 1.29 is 0 Å². The summed E-state index contributed by atoms with van der Waals surface area (Å²) in [7, 11) is 1.84. The first-order chi connectivity index (χ1) is 14.6. The van der Waals surface area contributed by atoms with Crippen LogP contribution in [0.2, 0.25) is 0 Å². The summed E-state index contributed by atoms with van der Waals surface area (Å²) in [6.45, 7) is 1.88. The number of nitrogens with zero attached hydrogens (tertiary/aromatic N) is 7. The van der Waals surface area contributed by atoms with E-state index in [-0.39, 0.29) is 5.56 Å². The molecule has 9 heteroatoms. The number of hydrogen-bond acceptors (Lipinski definition) is 6. The van der Waals surface area contributed by atoms with Crippen LogP contribution in [0.15, 0.2) is 64.5 Å². The number of hydrogen-bond donors (Lipinski definition) is 0. The minimum absolute atomic E-state index is 0.178. The molecule has 0 spiro atoms. The minimum atomic E-state index is -0.178. The lowest BCUT2D eigenvalue weighted by Crippen LogP contribution is -2.22. The summed E-state index contributed by atoms with van der Waals surface area (Å²) in [4.78, 5) is 13.2. The van der Waals surface area contributed by atoms with Gasteiger partial charge in [-0.25, -0.2) is 4.68 Å². The van der Waals surface area contributed by atoms with Crippen molar-refractivity contribution in [2.24, 2.45) is 7.05 Å². The van der Waals surface area contributed by atoms with E-state index in [0.717, 1.165) is 29.1 Å². The minimum Gasteiger partial charge on any atom is -0.283 e. The number of nitriles is 1. The summed E-state index contributed by atoms with van der Waals surface area (Å²) in [5.41, 5.74) is 3.58. The lowest BCUT2D eigenvalue weighted by molar-refractivity contribution is 0.630. The van der Waals surface area contributed by atoms with E-state index in [2.05, 4.69) is 21.6 Å². The smallest absolute Gasteiger partial charge is 0.283 e. The predicted molar refractivity (Wildman–Crippen MR) is 114 cm³/mol. The van der Waals surface area contributed by atoms with Gasteiger partial charge in [-0.2, -0.15) is 9.94 Å². The third-order valence-corrected chi connectivity index (χ3v) is 5.80. The Hall–Kier alpha value is -3.64. The fourth-order valence-electron chi connectivity index (χ4n) is 3.21. The van der Waals surface area contributed by atoms with E-state index in [1.54, 1.807) is 9.36 Å². The molecule has 30 heavy (non-hydrogen) atoms. The van der Waals surface area contributed by atoms with Crippen LogP contribution in [-0.4, -0.2) is 35.3 Å². The van der Waals surface area contributed by atoms with Gasteiger partial charge in [0.25, 0.3) is 5.56 Å². The molecule has 2 aromatic heterocycles. The first-order valence-corrected chi connectivity index (χ1v) is 10.3. The first-order valence-electron chi connectivity index (χ1n) is 9.34. The normalized spacial score (nSPS) is 10.8. The Kier molecular flexibility index (Phi) is 5.50. The Morgan fingerprint density at radius 3 is 2.53 bits per heavy atom. The number of rotatable bonds is 6. The zero-order valence-corrected chi connectivity index (χ0v) is 17.4. The Balaban J connectivity index is 1.59. The average molecular weight is 417 g/mol. The summed E-state index contributed by atoms with van der Waals surface area (Å²) in [6.07, 6.45) is 0.797. The lowest BCUT2D eigenvalue weighted by atomic mass is 10.1. The molecule has 0 bridgehead atoms. The third-order valence-electron chi connectivity index (χ3n) is 4.88.